The Kier molecular flexibility index (Phi) is 10.4. The maximum Gasteiger partial charge on any atom is 0.401 e. The number of likely N-dealkylation sites (tertiary alicyclic amines) is 2. The summed E-state index contributed by atoms with van der Waals surface area (Å²) in [5, 5.41) is 3.42. The fourth-order valence-corrected chi connectivity index (χ4v) is 4.56. The zero-order chi connectivity index (χ0) is 21.6. The molecule has 0 amide bonds. The van der Waals surface area contributed by atoms with E-state index in [4.69, 9.17) is 4.99 Å². The van der Waals surface area contributed by atoms with Crippen molar-refractivity contribution in [1.29, 1.82) is 0 Å². The van der Waals surface area contributed by atoms with E-state index in [1.807, 2.05) is 18.7 Å². The second-order valence-electron chi connectivity index (χ2n) is 8.65. The van der Waals surface area contributed by atoms with Crippen LogP contribution in [0, 0.1) is 11.8 Å². The highest BCUT2D eigenvalue weighted by molar-refractivity contribution is 14.0. The number of halogens is 4. The maximum absolute atomic E-state index is 12.5. The highest BCUT2D eigenvalue weighted by atomic mass is 127. The fraction of sp³-hybridized carbons (Fsp3) is 0.810. The molecule has 2 aliphatic heterocycles. The van der Waals surface area contributed by atoms with Crippen LogP contribution in [0.1, 0.15) is 45.6 Å². The number of nitrogens with one attached hydrogen (secondary N) is 1. The van der Waals surface area contributed by atoms with E-state index < -0.39 is 12.7 Å². The lowest BCUT2D eigenvalue weighted by Crippen LogP contribution is -2.49. The first kappa shape index (κ1) is 26.2. The summed E-state index contributed by atoms with van der Waals surface area (Å²) < 4.78 is 39.8. The molecule has 1 N–H and O–H groups in total. The number of imidazole rings is 1. The molecular weight excluding hydrogens is 520 g/mol. The summed E-state index contributed by atoms with van der Waals surface area (Å²) in [5.74, 6) is 1.99. The van der Waals surface area contributed by atoms with Crippen LogP contribution in [-0.2, 0) is 0 Å². The number of alkyl halides is 3. The summed E-state index contributed by atoms with van der Waals surface area (Å²) in [6.07, 6.45) is 5.33. The summed E-state index contributed by atoms with van der Waals surface area (Å²) in [4.78, 5) is 12.9. The molecule has 3 heterocycles. The molecule has 3 rings (SSSR count). The Hall–Kier alpha value is -1.04. The van der Waals surface area contributed by atoms with Crippen LogP contribution in [0.3, 0.4) is 0 Å². The van der Waals surface area contributed by atoms with E-state index in [1.54, 1.807) is 0 Å². The van der Waals surface area contributed by atoms with Crippen molar-refractivity contribution in [3.63, 3.8) is 0 Å². The first-order valence-corrected chi connectivity index (χ1v) is 11.2. The van der Waals surface area contributed by atoms with E-state index in [0.29, 0.717) is 37.5 Å². The molecule has 0 bridgehead atoms. The lowest BCUT2D eigenvalue weighted by molar-refractivity contribution is -0.148. The van der Waals surface area contributed by atoms with Gasteiger partial charge in [0.2, 0.25) is 0 Å². The number of piperidine rings is 2. The molecular formula is C21H36F3IN6. The molecule has 0 radical (unpaired) electrons. The topological polar surface area (TPSA) is 48.7 Å². The van der Waals surface area contributed by atoms with Crippen molar-refractivity contribution >= 4 is 29.9 Å². The number of guanidine groups is 1. The van der Waals surface area contributed by atoms with Gasteiger partial charge in [0.25, 0.3) is 0 Å². The summed E-state index contributed by atoms with van der Waals surface area (Å²) in [7, 11) is 0. The lowest BCUT2D eigenvalue weighted by Gasteiger charge is -2.39. The number of aliphatic imine (C=N–C) groups is 1. The minimum Gasteiger partial charge on any atom is -0.357 e. The van der Waals surface area contributed by atoms with Crippen LogP contribution in [0.4, 0.5) is 13.2 Å². The molecule has 1 aromatic rings. The Morgan fingerprint density at radius 2 is 1.94 bits per heavy atom. The van der Waals surface area contributed by atoms with Crippen LogP contribution in [0.5, 0.6) is 0 Å². The summed E-state index contributed by atoms with van der Waals surface area (Å²) >= 11 is 0. The van der Waals surface area contributed by atoms with Crippen LogP contribution in [0.25, 0.3) is 0 Å². The van der Waals surface area contributed by atoms with Crippen molar-refractivity contribution in [1.82, 2.24) is 24.7 Å². The van der Waals surface area contributed by atoms with Gasteiger partial charge in [0.15, 0.2) is 5.96 Å². The molecule has 2 aliphatic rings. The second kappa shape index (κ2) is 12.3. The van der Waals surface area contributed by atoms with Gasteiger partial charge in [-0.15, -0.1) is 24.0 Å². The quantitative estimate of drug-likeness (QED) is 0.327. The molecule has 2 atom stereocenters. The van der Waals surface area contributed by atoms with Gasteiger partial charge >= 0.3 is 6.18 Å². The number of hydrogen-bond donors (Lipinski definition) is 1. The van der Waals surface area contributed by atoms with Crippen LogP contribution in [-0.4, -0.2) is 77.3 Å². The minimum absolute atomic E-state index is 0. The van der Waals surface area contributed by atoms with Gasteiger partial charge in [0.05, 0.1) is 18.9 Å². The predicted molar refractivity (Wildman–Crippen MR) is 128 cm³/mol. The third-order valence-electron chi connectivity index (χ3n) is 6.37. The van der Waals surface area contributed by atoms with Crippen molar-refractivity contribution in [2.75, 3.05) is 45.8 Å². The summed E-state index contributed by atoms with van der Waals surface area (Å²) in [6.45, 7) is 8.06. The molecule has 6 nitrogen and oxygen atoms in total. The molecule has 0 spiro atoms. The molecule has 0 saturated carbocycles. The van der Waals surface area contributed by atoms with Gasteiger partial charge in [0.1, 0.15) is 0 Å². The highest BCUT2D eigenvalue weighted by Crippen LogP contribution is 2.28. The number of nitrogens with zero attached hydrogens (tertiary/aromatic N) is 5. The molecule has 31 heavy (non-hydrogen) atoms. The van der Waals surface area contributed by atoms with Gasteiger partial charge in [-0.25, -0.2) is 4.98 Å². The van der Waals surface area contributed by atoms with E-state index in [2.05, 4.69) is 33.6 Å². The Bertz CT molecular complexity index is 659. The molecule has 2 saturated heterocycles. The predicted octanol–water partition coefficient (Wildman–Crippen LogP) is 4.01. The monoisotopic (exact) mass is 556 g/mol. The Morgan fingerprint density at radius 1 is 1.19 bits per heavy atom. The largest absolute Gasteiger partial charge is 0.401 e. The van der Waals surface area contributed by atoms with Crippen molar-refractivity contribution in [2.24, 2.45) is 16.8 Å². The van der Waals surface area contributed by atoms with Crippen molar-refractivity contribution in [3.05, 3.63) is 18.7 Å². The van der Waals surface area contributed by atoms with Crippen LogP contribution in [0.2, 0.25) is 0 Å². The molecule has 178 valence electrons. The molecule has 10 heteroatoms. The first-order valence-electron chi connectivity index (χ1n) is 11.2. The molecule has 1 aromatic heterocycles. The normalized spacial score (nSPS) is 24.2. The third kappa shape index (κ3) is 8.11. The van der Waals surface area contributed by atoms with E-state index in [0.717, 1.165) is 51.3 Å². The Morgan fingerprint density at radius 3 is 2.55 bits per heavy atom. The number of aromatic nitrogens is 2. The minimum atomic E-state index is -4.10. The van der Waals surface area contributed by atoms with E-state index >= 15 is 0 Å². The zero-order valence-electron chi connectivity index (χ0n) is 18.5. The average molecular weight is 556 g/mol. The molecule has 2 fully saturated rings. The van der Waals surface area contributed by atoms with Crippen LogP contribution < -0.4 is 5.32 Å². The highest BCUT2D eigenvalue weighted by Gasteiger charge is 2.32. The Balaban J connectivity index is 0.00000341. The Labute approximate surface area is 200 Å². The molecule has 0 aromatic carbocycles. The van der Waals surface area contributed by atoms with Crippen LogP contribution in [0.15, 0.2) is 23.7 Å². The fourth-order valence-electron chi connectivity index (χ4n) is 4.56. The summed E-state index contributed by atoms with van der Waals surface area (Å²) in [6, 6.07) is 0.378. The van der Waals surface area contributed by atoms with Gasteiger partial charge < -0.3 is 14.8 Å². The van der Waals surface area contributed by atoms with Gasteiger partial charge in [-0.05, 0) is 57.5 Å². The second-order valence-corrected chi connectivity index (χ2v) is 8.65. The van der Waals surface area contributed by atoms with E-state index in [-0.39, 0.29) is 24.0 Å². The number of hydrogen-bond acceptors (Lipinski definition) is 3. The van der Waals surface area contributed by atoms with E-state index in [9.17, 15) is 13.2 Å². The van der Waals surface area contributed by atoms with Gasteiger partial charge in [-0.2, -0.15) is 13.2 Å². The van der Waals surface area contributed by atoms with Crippen molar-refractivity contribution in [2.45, 2.75) is 51.7 Å². The van der Waals surface area contributed by atoms with Gasteiger partial charge in [-0.1, -0.05) is 6.92 Å². The smallest absolute Gasteiger partial charge is 0.357 e. The zero-order valence-corrected chi connectivity index (χ0v) is 20.9. The number of rotatable bonds is 6. The maximum atomic E-state index is 12.5. The van der Waals surface area contributed by atoms with Gasteiger partial charge in [-0.3, -0.25) is 9.89 Å². The third-order valence-corrected chi connectivity index (χ3v) is 6.37. The SMILES string of the molecule is CCNC(=NCCC1CCN(CC(F)(F)F)CC1)N1CCC(C)C(n2ccnc2)C1.I. The lowest BCUT2D eigenvalue weighted by atomic mass is 9.93. The summed E-state index contributed by atoms with van der Waals surface area (Å²) in [5.41, 5.74) is 0. The standard InChI is InChI=1S/C21H35F3N6.HI/c1-3-26-20(29-12-5-17(2)19(14-29)30-13-9-25-16-30)27-8-4-18-6-10-28(11-7-18)15-21(22,23)24;/h9,13,16-19H,3-8,10-12,14-15H2,1-2H3,(H,26,27);1H. The first-order chi connectivity index (χ1) is 14.4. The average Bonchev–Trinajstić information content (AvgIpc) is 3.22. The van der Waals surface area contributed by atoms with E-state index in [1.165, 1.54) is 4.90 Å². The van der Waals surface area contributed by atoms with Crippen molar-refractivity contribution < 1.29 is 13.2 Å². The van der Waals surface area contributed by atoms with Crippen molar-refractivity contribution in [3.8, 4) is 0 Å². The molecule has 2 unspecified atom stereocenters. The van der Waals surface area contributed by atoms with Gasteiger partial charge in [0, 0.05) is 38.6 Å². The molecule has 0 aliphatic carbocycles. The van der Waals surface area contributed by atoms with Crippen LogP contribution >= 0.6 is 24.0 Å².